The first-order valence-corrected chi connectivity index (χ1v) is 13.4. The molecule has 2 heterocycles. The average Bonchev–Trinajstić information content (AvgIpc) is 2.95. The molecule has 1 aliphatic heterocycles. The molecule has 0 atom stereocenters. The van der Waals surface area contributed by atoms with Gasteiger partial charge in [-0.1, -0.05) is 11.3 Å². The maximum Gasteiger partial charge on any atom is 0.251 e. The predicted molar refractivity (Wildman–Crippen MR) is 117 cm³/mol. The van der Waals surface area contributed by atoms with Crippen LogP contribution < -0.4 is 4.80 Å². The Balaban J connectivity index is 1.91. The third-order valence-corrected chi connectivity index (χ3v) is 8.23. The fraction of sp³-hybridized carbons (Fsp3) is 0.579. The topological polar surface area (TPSA) is 71.7 Å². The molecule has 9 heteroatoms. The summed E-state index contributed by atoms with van der Waals surface area (Å²) in [6.45, 7) is 5.79. The lowest BCUT2D eigenvalue weighted by Gasteiger charge is -2.28. The van der Waals surface area contributed by atoms with E-state index in [1.165, 1.54) is 21.7 Å². The molecular formula is C19H27N3O3S3. The maximum atomic E-state index is 12.8. The highest BCUT2D eigenvalue weighted by molar-refractivity contribution is 7.98. The maximum absolute atomic E-state index is 12.8. The smallest absolute Gasteiger partial charge is 0.251 e. The summed E-state index contributed by atoms with van der Waals surface area (Å²) in [6, 6.07) is 4.34. The van der Waals surface area contributed by atoms with Gasteiger partial charge in [0.25, 0.3) is 5.91 Å². The van der Waals surface area contributed by atoms with Gasteiger partial charge in [-0.2, -0.15) is 16.8 Å². The summed E-state index contributed by atoms with van der Waals surface area (Å²) in [5, 5.41) is 0. The number of carbonyl (C=O) groups is 1. The molecule has 1 aromatic carbocycles. The van der Waals surface area contributed by atoms with Crippen molar-refractivity contribution in [3.8, 4) is 0 Å². The number of sulfonamides is 1. The Labute approximate surface area is 174 Å². The van der Waals surface area contributed by atoms with Crippen LogP contribution in [0.25, 0.3) is 10.2 Å². The van der Waals surface area contributed by atoms with Crippen molar-refractivity contribution in [1.82, 2.24) is 8.87 Å². The number of fused-ring (bicyclic) bond motifs is 1. The van der Waals surface area contributed by atoms with Gasteiger partial charge >= 0.3 is 0 Å². The first-order valence-electron chi connectivity index (χ1n) is 9.34. The van der Waals surface area contributed by atoms with E-state index in [1.54, 1.807) is 23.1 Å². The predicted octanol–water partition coefficient (Wildman–Crippen LogP) is 2.78. The summed E-state index contributed by atoms with van der Waals surface area (Å²) in [6.07, 6.45) is 4.35. The van der Waals surface area contributed by atoms with Gasteiger partial charge in [0.1, 0.15) is 0 Å². The van der Waals surface area contributed by atoms with Crippen LogP contribution in [-0.2, 0) is 21.4 Å². The number of thiazole rings is 1. The summed E-state index contributed by atoms with van der Waals surface area (Å²) >= 11 is 3.32. The monoisotopic (exact) mass is 441 g/mol. The van der Waals surface area contributed by atoms with Crippen LogP contribution in [0.1, 0.15) is 24.0 Å². The second-order valence-corrected chi connectivity index (χ2v) is 11.3. The van der Waals surface area contributed by atoms with Crippen LogP contribution >= 0.6 is 23.1 Å². The number of aromatic nitrogens is 1. The number of piperidine rings is 1. The zero-order chi connectivity index (χ0) is 20.5. The second-order valence-electron chi connectivity index (χ2n) is 7.32. The number of hydrogen-bond acceptors (Lipinski definition) is 5. The lowest BCUT2D eigenvalue weighted by Crippen LogP contribution is -2.39. The molecule has 0 bridgehead atoms. The summed E-state index contributed by atoms with van der Waals surface area (Å²) < 4.78 is 28.1. The lowest BCUT2D eigenvalue weighted by atomic mass is 9.98. The van der Waals surface area contributed by atoms with Gasteiger partial charge < -0.3 is 4.57 Å². The van der Waals surface area contributed by atoms with Crippen LogP contribution in [0.4, 0.5) is 0 Å². The molecule has 154 valence electrons. The summed E-state index contributed by atoms with van der Waals surface area (Å²) in [7, 11) is -3.19. The average molecular weight is 442 g/mol. The largest absolute Gasteiger partial charge is 0.316 e. The van der Waals surface area contributed by atoms with Crippen LogP contribution in [0.2, 0.25) is 0 Å². The van der Waals surface area contributed by atoms with E-state index in [-0.39, 0.29) is 11.8 Å². The molecule has 0 radical (unpaired) electrons. The number of rotatable bonds is 5. The zero-order valence-electron chi connectivity index (χ0n) is 16.8. The summed E-state index contributed by atoms with van der Waals surface area (Å²) in [4.78, 5) is 18.0. The van der Waals surface area contributed by atoms with Crippen molar-refractivity contribution in [1.29, 1.82) is 0 Å². The minimum atomic E-state index is -3.19. The molecule has 1 saturated heterocycles. The van der Waals surface area contributed by atoms with E-state index >= 15 is 0 Å². The quantitative estimate of drug-likeness (QED) is 0.715. The third kappa shape index (κ3) is 4.69. The van der Waals surface area contributed by atoms with E-state index in [4.69, 9.17) is 0 Å². The number of carbonyl (C=O) groups excluding carboxylic acids is 1. The van der Waals surface area contributed by atoms with Crippen molar-refractivity contribution in [3.05, 3.63) is 28.1 Å². The highest BCUT2D eigenvalue weighted by Crippen LogP contribution is 2.23. The molecule has 28 heavy (non-hydrogen) atoms. The first-order chi connectivity index (χ1) is 13.2. The Hall–Kier alpha value is -1.16. The highest BCUT2D eigenvalue weighted by Gasteiger charge is 2.29. The van der Waals surface area contributed by atoms with E-state index in [0.717, 1.165) is 27.3 Å². The Morgan fingerprint density at radius 1 is 1.25 bits per heavy atom. The molecule has 3 rings (SSSR count). The highest BCUT2D eigenvalue weighted by atomic mass is 32.2. The molecule has 2 aromatic rings. The van der Waals surface area contributed by atoms with Crippen molar-refractivity contribution in [2.45, 2.75) is 33.2 Å². The molecular weight excluding hydrogens is 414 g/mol. The van der Waals surface area contributed by atoms with Crippen molar-refractivity contribution >= 4 is 49.2 Å². The molecule has 1 fully saturated rings. The second kappa shape index (κ2) is 8.69. The van der Waals surface area contributed by atoms with Crippen molar-refractivity contribution in [2.75, 3.05) is 31.4 Å². The van der Waals surface area contributed by atoms with Gasteiger partial charge in [0.2, 0.25) is 10.0 Å². The van der Waals surface area contributed by atoms with Gasteiger partial charge in [-0.3, -0.25) is 4.79 Å². The Morgan fingerprint density at radius 2 is 1.89 bits per heavy atom. The van der Waals surface area contributed by atoms with Crippen LogP contribution in [-0.4, -0.2) is 54.6 Å². The minimum Gasteiger partial charge on any atom is -0.316 e. The van der Waals surface area contributed by atoms with Crippen LogP contribution in [0.3, 0.4) is 0 Å². The van der Waals surface area contributed by atoms with Crippen LogP contribution in [0.15, 0.2) is 17.1 Å². The van der Waals surface area contributed by atoms with Gasteiger partial charge in [-0.25, -0.2) is 12.7 Å². The zero-order valence-corrected chi connectivity index (χ0v) is 19.2. The molecule has 0 aliphatic carbocycles. The van der Waals surface area contributed by atoms with Crippen molar-refractivity contribution < 1.29 is 13.2 Å². The fourth-order valence-corrected chi connectivity index (χ4v) is 5.81. The van der Waals surface area contributed by atoms with Gasteiger partial charge in [-0.05, 0) is 56.2 Å². The Morgan fingerprint density at radius 3 is 2.50 bits per heavy atom. The van der Waals surface area contributed by atoms with Crippen molar-refractivity contribution in [2.24, 2.45) is 10.9 Å². The third-order valence-electron chi connectivity index (χ3n) is 5.30. The minimum absolute atomic E-state index is 0.133. The van der Waals surface area contributed by atoms with Gasteiger partial charge in [-0.15, -0.1) is 0 Å². The molecule has 1 aliphatic rings. The number of nitrogens with zero attached hydrogens (tertiary/aromatic N) is 3. The van der Waals surface area contributed by atoms with Crippen molar-refractivity contribution in [3.63, 3.8) is 0 Å². The standard InChI is InChI=1S/C19H27N3O3S3/c1-13-11-16-17(12-14(13)2)27-19(22(16)9-10-26-3)20-18(23)15-5-7-21(8-6-15)28(4,24)25/h11-12,15H,5-10H2,1-4H3. The van der Waals surface area contributed by atoms with E-state index in [0.29, 0.717) is 25.9 Å². The Kier molecular flexibility index (Phi) is 6.69. The lowest BCUT2D eigenvalue weighted by molar-refractivity contribution is -0.122. The van der Waals surface area contributed by atoms with Gasteiger partial charge in [0, 0.05) is 31.3 Å². The fourth-order valence-electron chi connectivity index (χ4n) is 3.43. The normalized spacial score (nSPS) is 17.5. The van der Waals surface area contributed by atoms with Gasteiger partial charge in [0.15, 0.2) is 4.80 Å². The SMILES string of the molecule is CSCCn1c(=NC(=O)C2CCN(S(C)(=O)=O)CC2)sc2cc(C)c(C)cc21. The van der Waals surface area contributed by atoms with Crippen LogP contribution in [0.5, 0.6) is 0 Å². The van der Waals surface area contributed by atoms with Gasteiger partial charge in [0.05, 0.1) is 16.5 Å². The number of hydrogen-bond donors (Lipinski definition) is 0. The number of benzene rings is 1. The Bertz CT molecular complexity index is 1050. The molecule has 6 nitrogen and oxygen atoms in total. The van der Waals surface area contributed by atoms with E-state index in [2.05, 4.69) is 41.8 Å². The number of aryl methyl sites for hydroxylation is 3. The molecule has 1 aromatic heterocycles. The molecule has 0 spiro atoms. The van der Waals surface area contributed by atoms with E-state index < -0.39 is 10.0 Å². The number of thioether (sulfide) groups is 1. The number of amides is 1. The molecule has 0 unspecified atom stereocenters. The van der Waals surface area contributed by atoms with Crippen LogP contribution in [0, 0.1) is 19.8 Å². The molecule has 1 amide bonds. The molecule has 0 N–H and O–H groups in total. The molecule has 0 saturated carbocycles. The summed E-state index contributed by atoms with van der Waals surface area (Å²) in [5.41, 5.74) is 3.59. The first kappa shape index (κ1) is 21.5. The van der Waals surface area contributed by atoms with E-state index in [9.17, 15) is 13.2 Å². The van der Waals surface area contributed by atoms with E-state index in [1.807, 2.05) is 0 Å². The summed E-state index contributed by atoms with van der Waals surface area (Å²) in [5.74, 6) is 0.610.